The summed E-state index contributed by atoms with van der Waals surface area (Å²) in [5, 5.41) is 3.85. The number of carbonyl (C=O) groups excluding carboxylic acids is 1. The number of ether oxygens (including phenoxy) is 1. The molecule has 110 valence electrons. The molecular weight excluding hydrogens is 286 g/mol. The highest BCUT2D eigenvalue weighted by atomic mass is 35.5. The quantitative estimate of drug-likeness (QED) is 0.834. The van der Waals surface area contributed by atoms with Gasteiger partial charge in [0.1, 0.15) is 0 Å². The topological polar surface area (TPSA) is 38.3 Å². The second kappa shape index (κ2) is 7.14. The van der Waals surface area contributed by atoms with Crippen molar-refractivity contribution in [2.45, 2.75) is 19.9 Å². The molecule has 1 N–H and O–H groups in total. The third-order valence-corrected chi connectivity index (χ3v) is 3.34. The fourth-order valence-electron chi connectivity index (χ4n) is 1.98. The van der Waals surface area contributed by atoms with Crippen molar-refractivity contribution in [3.8, 4) is 0 Å². The molecule has 0 aliphatic carbocycles. The van der Waals surface area contributed by atoms with E-state index in [9.17, 15) is 4.79 Å². The van der Waals surface area contributed by atoms with Crippen LogP contribution in [0.3, 0.4) is 0 Å². The molecule has 0 aliphatic heterocycles. The molecule has 1 atom stereocenters. The molecule has 2 rings (SSSR count). The van der Waals surface area contributed by atoms with Crippen LogP contribution in [0.25, 0.3) is 0 Å². The van der Waals surface area contributed by atoms with Crippen LogP contribution in [0.15, 0.2) is 48.5 Å². The Kier molecular flexibility index (Phi) is 5.23. The molecule has 2 aromatic rings. The minimum atomic E-state index is -0.535. The molecule has 1 unspecified atom stereocenters. The number of esters is 1. The van der Waals surface area contributed by atoms with E-state index in [-0.39, 0.29) is 5.97 Å². The molecule has 0 spiro atoms. The smallest absolute Gasteiger partial charge is 0.333 e. The fourth-order valence-corrected chi connectivity index (χ4v) is 2.10. The molecule has 0 amide bonds. The predicted octanol–water partition coefficient (Wildman–Crippen LogP) is 4.36. The van der Waals surface area contributed by atoms with Gasteiger partial charge in [-0.2, -0.15) is 0 Å². The van der Waals surface area contributed by atoms with E-state index in [0.717, 1.165) is 16.8 Å². The molecule has 0 bridgehead atoms. The Labute approximate surface area is 129 Å². The number of hydrogen-bond acceptors (Lipinski definition) is 3. The van der Waals surface area contributed by atoms with E-state index >= 15 is 0 Å². The molecule has 0 aliphatic rings. The highest BCUT2D eigenvalue weighted by Crippen LogP contribution is 2.23. The van der Waals surface area contributed by atoms with E-state index in [2.05, 4.69) is 5.32 Å². The Morgan fingerprint density at radius 3 is 2.33 bits per heavy atom. The maximum atomic E-state index is 12.2. The molecule has 21 heavy (non-hydrogen) atoms. The average Bonchev–Trinajstić information content (AvgIpc) is 2.48. The number of carbonyl (C=O) groups is 1. The van der Waals surface area contributed by atoms with E-state index in [0.29, 0.717) is 11.6 Å². The molecule has 2 aromatic carbocycles. The summed E-state index contributed by atoms with van der Waals surface area (Å²) in [6.07, 6.45) is 0. The summed E-state index contributed by atoms with van der Waals surface area (Å²) in [7, 11) is 0. The Hall–Kier alpha value is -2.00. The van der Waals surface area contributed by atoms with Gasteiger partial charge in [0.2, 0.25) is 0 Å². The number of halogens is 1. The fraction of sp³-hybridized carbons (Fsp3) is 0.235. The summed E-state index contributed by atoms with van der Waals surface area (Å²) < 4.78 is 5.16. The van der Waals surface area contributed by atoms with Crippen LogP contribution in [0.4, 0.5) is 5.69 Å². The highest BCUT2D eigenvalue weighted by Gasteiger charge is 2.21. The van der Waals surface area contributed by atoms with E-state index in [1.165, 1.54) is 0 Å². The Balaban J connectivity index is 2.25. The van der Waals surface area contributed by atoms with Crippen molar-refractivity contribution < 1.29 is 9.53 Å². The molecular formula is C17H18ClNO2. The number of hydrogen-bond donors (Lipinski definition) is 1. The minimum Gasteiger partial charge on any atom is -0.464 e. The Morgan fingerprint density at radius 2 is 1.76 bits per heavy atom. The first-order valence-electron chi connectivity index (χ1n) is 6.85. The van der Waals surface area contributed by atoms with Crippen LogP contribution < -0.4 is 5.32 Å². The standard InChI is InChI=1S/C17H18ClNO2/c1-3-21-17(20)16(13-6-4-12(2)5-7-13)19-15-10-8-14(18)9-11-15/h4-11,16,19H,3H2,1-2H3. The predicted molar refractivity (Wildman–Crippen MR) is 85.6 cm³/mol. The van der Waals surface area contributed by atoms with Gasteiger partial charge in [0.05, 0.1) is 6.61 Å². The summed E-state index contributed by atoms with van der Waals surface area (Å²) in [5.41, 5.74) is 2.83. The van der Waals surface area contributed by atoms with Crippen molar-refractivity contribution in [3.05, 3.63) is 64.7 Å². The summed E-state index contributed by atoms with van der Waals surface area (Å²) in [4.78, 5) is 12.2. The molecule has 0 saturated carbocycles. The third-order valence-electron chi connectivity index (χ3n) is 3.09. The lowest BCUT2D eigenvalue weighted by Crippen LogP contribution is -2.23. The maximum Gasteiger partial charge on any atom is 0.333 e. The normalized spacial score (nSPS) is 11.8. The third kappa shape index (κ3) is 4.23. The monoisotopic (exact) mass is 303 g/mol. The molecule has 0 fully saturated rings. The first kappa shape index (κ1) is 15.4. The van der Waals surface area contributed by atoms with Gasteiger partial charge in [0.15, 0.2) is 6.04 Å². The van der Waals surface area contributed by atoms with Crippen molar-refractivity contribution in [3.63, 3.8) is 0 Å². The zero-order valence-corrected chi connectivity index (χ0v) is 12.9. The largest absolute Gasteiger partial charge is 0.464 e. The van der Waals surface area contributed by atoms with Crippen molar-refractivity contribution in [2.75, 3.05) is 11.9 Å². The average molecular weight is 304 g/mol. The molecule has 0 radical (unpaired) electrons. The van der Waals surface area contributed by atoms with Gasteiger partial charge in [-0.15, -0.1) is 0 Å². The molecule has 3 nitrogen and oxygen atoms in total. The van der Waals surface area contributed by atoms with Gasteiger partial charge in [0, 0.05) is 10.7 Å². The number of anilines is 1. The summed E-state index contributed by atoms with van der Waals surface area (Å²) in [6.45, 7) is 4.16. The second-order valence-corrected chi connectivity index (χ2v) is 5.18. The summed E-state index contributed by atoms with van der Waals surface area (Å²) in [5.74, 6) is -0.295. The Morgan fingerprint density at radius 1 is 1.14 bits per heavy atom. The van der Waals surface area contributed by atoms with Crippen molar-refractivity contribution in [1.29, 1.82) is 0 Å². The van der Waals surface area contributed by atoms with Gasteiger partial charge in [0.25, 0.3) is 0 Å². The second-order valence-electron chi connectivity index (χ2n) is 4.75. The number of aryl methyl sites for hydroxylation is 1. The van der Waals surface area contributed by atoms with Crippen LogP contribution in [0.5, 0.6) is 0 Å². The van der Waals surface area contributed by atoms with Crippen molar-refractivity contribution in [1.82, 2.24) is 0 Å². The summed E-state index contributed by atoms with van der Waals surface area (Å²) >= 11 is 5.88. The number of rotatable bonds is 5. The maximum absolute atomic E-state index is 12.2. The SMILES string of the molecule is CCOC(=O)C(Nc1ccc(Cl)cc1)c1ccc(C)cc1. The van der Waals surface area contributed by atoms with Gasteiger partial charge in [-0.05, 0) is 43.7 Å². The van der Waals surface area contributed by atoms with Crippen LogP contribution in [0.1, 0.15) is 24.1 Å². The molecule has 0 heterocycles. The van der Waals surface area contributed by atoms with Crippen LogP contribution in [-0.4, -0.2) is 12.6 Å². The van der Waals surface area contributed by atoms with Crippen molar-refractivity contribution >= 4 is 23.3 Å². The summed E-state index contributed by atoms with van der Waals surface area (Å²) in [6, 6.07) is 14.5. The lowest BCUT2D eigenvalue weighted by atomic mass is 10.0. The molecule has 0 saturated heterocycles. The Bertz CT molecular complexity index is 593. The lowest BCUT2D eigenvalue weighted by Gasteiger charge is -2.19. The van der Waals surface area contributed by atoms with Gasteiger partial charge >= 0.3 is 5.97 Å². The molecule has 4 heteroatoms. The minimum absolute atomic E-state index is 0.295. The van der Waals surface area contributed by atoms with Crippen LogP contribution >= 0.6 is 11.6 Å². The zero-order chi connectivity index (χ0) is 15.2. The van der Waals surface area contributed by atoms with Crippen LogP contribution in [0.2, 0.25) is 5.02 Å². The molecule has 0 aromatic heterocycles. The van der Waals surface area contributed by atoms with Gasteiger partial charge < -0.3 is 10.1 Å². The first-order valence-corrected chi connectivity index (χ1v) is 7.23. The van der Waals surface area contributed by atoms with Gasteiger partial charge in [-0.25, -0.2) is 4.79 Å². The van der Waals surface area contributed by atoms with E-state index in [4.69, 9.17) is 16.3 Å². The number of nitrogens with one attached hydrogen (secondary N) is 1. The van der Waals surface area contributed by atoms with Crippen LogP contribution in [-0.2, 0) is 9.53 Å². The van der Waals surface area contributed by atoms with E-state index in [1.807, 2.05) is 43.3 Å². The number of benzene rings is 2. The highest BCUT2D eigenvalue weighted by molar-refractivity contribution is 6.30. The van der Waals surface area contributed by atoms with Gasteiger partial charge in [-0.1, -0.05) is 41.4 Å². The van der Waals surface area contributed by atoms with E-state index < -0.39 is 6.04 Å². The van der Waals surface area contributed by atoms with Gasteiger partial charge in [-0.3, -0.25) is 0 Å². The van der Waals surface area contributed by atoms with E-state index in [1.54, 1.807) is 19.1 Å². The zero-order valence-electron chi connectivity index (χ0n) is 12.1. The lowest BCUT2D eigenvalue weighted by molar-refractivity contribution is -0.144. The van der Waals surface area contributed by atoms with Crippen molar-refractivity contribution in [2.24, 2.45) is 0 Å². The van der Waals surface area contributed by atoms with Crippen LogP contribution in [0, 0.1) is 6.92 Å². The first-order chi connectivity index (χ1) is 10.1.